The van der Waals surface area contributed by atoms with Crippen molar-refractivity contribution in [3.63, 3.8) is 0 Å². The first-order valence-electron chi connectivity index (χ1n) is 10.7. The topological polar surface area (TPSA) is 109 Å². The number of aliphatic carboxylic acids is 1. The van der Waals surface area contributed by atoms with Crippen molar-refractivity contribution >= 4 is 34.6 Å². The van der Waals surface area contributed by atoms with Crippen LogP contribution in [0.25, 0.3) is 11.0 Å². The number of nitrogens with one attached hydrogen (secondary N) is 1. The molecule has 2 aromatic carbocycles. The van der Waals surface area contributed by atoms with Gasteiger partial charge in [-0.15, -0.1) is 0 Å². The molecule has 1 heterocycles. The number of carbonyl (C=O) groups is 2. The normalized spacial score (nSPS) is 11.8. The van der Waals surface area contributed by atoms with Crippen LogP contribution in [0.1, 0.15) is 30.0 Å². The van der Waals surface area contributed by atoms with E-state index in [1.807, 2.05) is 37.3 Å². The van der Waals surface area contributed by atoms with Crippen LogP contribution in [-0.2, 0) is 21.8 Å². The molecule has 0 bridgehead atoms. The Hall–Kier alpha value is -3.26. The minimum Gasteiger partial charge on any atom is -0.548 e. The van der Waals surface area contributed by atoms with Gasteiger partial charge < -0.3 is 24.4 Å². The lowest BCUT2D eigenvalue weighted by atomic mass is 10.0. The number of hydrogen-bond acceptors (Lipinski definition) is 7. The van der Waals surface area contributed by atoms with Crippen LogP contribution < -0.4 is 20.8 Å². The van der Waals surface area contributed by atoms with Crippen molar-refractivity contribution in [3.8, 4) is 5.75 Å². The maximum Gasteiger partial charge on any atom is 0.336 e. The van der Waals surface area contributed by atoms with Crippen LogP contribution in [0.3, 0.4) is 0 Å². The Labute approximate surface area is 196 Å². The fourth-order valence-electron chi connectivity index (χ4n) is 3.46. The van der Waals surface area contributed by atoms with E-state index in [2.05, 4.69) is 5.32 Å². The molecule has 1 atom stereocenters. The predicted molar refractivity (Wildman–Crippen MR) is 126 cm³/mol. The minimum absolute atomic E-state index is 0.170. The molecule has 1 N–H and O–H groups in total. The molecule has 3 rings (SSSR count). The van der Waals surface area contributed by atoms with Gasteiger partial charge in [0.1, 0.15) is 11.3 Å². The van der Waals surface area contributed by atoms with Crippen molar-refractivity contribution in [2.75, 3.05) is 12.4 Å². The molecule has 1 amide bonds. The smallest absolute Gasteiger partial charge is 0.336 e. The summed E-state index contributed by atoms with van der Waals surface area (Å²) in [6, 6.07) is 13.5. The van der Waals surface area contributed by atoms with Crippen LogP contribution in [0.4, 0.5) is 0 Å². The third-order valence-corrected chi connectivity index (χ3v) is 6.20. The zero-order valence-corrected chi connectivity index (χ0v) is 19.4. The molecule has 7 nitrogen and oxygen atoms in total. The molecular weight excluding hydrogens is 442 g/mol. The number of hydrogen-bond donors (Lipinski definition) is 1. The lowest BCUT2D eigenvalue weighted by Crippen LogP contribution is -2.50. The Morgan fingerprint density at radius 1 is 1.18 bits per heavy atom. The molecule has 0 saturated carbocycles. The molecule has 0 aliphatic rings. The average molecular weight is 469 g/mol. The van der Waals surface area contributed by atoms with Crippen LogP contribution in [0.15, 0.2) is 57.7 Å². The highest BCUT2D eigenvalue weighted by Crippen LogP contribution is 2.29. The first kappa shape index (κ1) is 24.4. The quantitative estimate of drug-likeness (QED) is 0.431. The van der Waals surface area contributed by atoms with E-state index in [0.717, 1.165) is 29.4 Å². The molecule has 33 heavy (non-hydrogen) atoms. The molecule has 0 aliphatic carbocycles. The van der Waals surface area contributed by atoms with E-state index in [0.29, 0.717) is 22.6 Å². The van der Waals surface area contributed by atoms with Crippen LogP contribution >= 0.6 is 11.8 Å². The molecule has 0 unspecified atom stereocenters. The Kier molecular flexibility index (Phi) is 8.54. The van der Waals surface area contributed by atoms with Crippen LogP contribution in [0, 0.1) is 6.92 Å². The lowest BCUT2D eigenvalue weighted by molar-refractivity contribution is -0.307. The van der Waals surface area contributed by atoms with Gasteiger partial charge in [-0.05, 0) is 36.6 Å². The van der Waals surface area contributed by atoms with Crippen molar-refractivity contribution in [1.29, 1.82) is 0 Å². The summed E-state index contributed by atoms with van der Waals surface area (Å²) >= 11 is 1.39. The standard InChI is InChI=1S/C25H27NO6S/c1-3-7-18-12-23(28)32-24-16(2)21(11-10-19(18)24)31-13-22(27)26-20(25(29)30)15-33-14-17-8-5-4-6-9-17/h4-6,8-12,20H,3,7,13-15H2,1-2H3,(H,26,27)(H,29,30)/p-1/t20-/m0/s1. The van der Waals surface area contributed by atoms with Crippen molar-refractivity contribution in [2.45, 2.75) is 38.5 Å². The van der Waals surface area contributed by atoms with Gasteiger partial charge in [-0.25, -0.2) is 4.79 Å². The van der Waals surface area contributed by atoms with Crippen molar-refractivity contribution in [1.82, 2.24) is 5.32 Å². The van der Waals surface area contributed by atoms with E-state index in [9.17, 15) is 19.5 Å². The summed E-state index contributed by atoms with van der Waals surface area (Å²) < 4.78 is 11.0. The van der Waals surface area contributed by atoms with Gasteiger partial charge in [-0.3, -0.25) is 4.79 Å². The molecular formula is C25H26NO6S-. The second-order valence-corrected chi connectivity index (χ2v) is 8.66. The van der Waals surface area contributed by atoms with Crippen LogP contribution in [-0.4, -0.2) is 30.3 Å². The van der Waals surface area contributed by atoms with E-state index in [1.165, 1.54) is 17.8 Å². The van der Waals surface area contributed by atoms with E-state index in [-0.39, 0.29) is 12.4 Å². The van der Waals surface area contributed by atoms with Gasteiger partial charge in [0.25, 0.3) is 5.91 Å². The van der Waals surface area contributed by atoms with E-state index < -0.39 is 23.5 Å². The lowest BCUT2D eigenvalue weighted by Gasteiger charge is -2.20. The zero-order chi connectivity index (χ0) is 23.8. The molecule has 174 valence electrons. The Morgan fingerprint density at radius 3 is 2.64 bits per heavy atom. The molecule has 1 aromatic heterocycles. The van der Waals surface area contributed by atoms with Gasteiger partial charge in [0, 0.05) is 28.5 Å². The Balaban J connectivity index is 1.61. The van der Waals surface area contributed by atoms with Gasteiger partial charge in [-0.1, -0.05) is 43.7 Å². The number of thioether (sulfide) groups is 1. The molecule has 3 aromatic rings. The average Bonchev–Trinajstić information content (AvgIpc) is 2.79. The second-order valence-electron chi connectivity index (χ2n) is 7.63. The summed E-state index contributed by atoms with van der Waals surface area (Å²) in [4.78, 5) is 35.7. The first-order valence-corrected chi connectivity index (χ1v) is 11.9. The van der Waals surface area contributed by atoms with Crippen LogP contribution in [0.2, 0.25) is 0 Å². The number of fused-ring (bicyclic) bond motifs is 1. The maximum atomic E-state index is 12.3. The largest absolute Gasteiger partial charge is 0.548 e. The number of ether oxygens (including phenoxy) is 1. The third kappa shape index (κ3) is 6.61. The highest BCUT2D eigenvalue weighted by atomic mass is 32.2. The number of benzene rings is 2. The highest BCUT2D eigenvalue weighted by molar-refractivity contribution is 7.98. The number of amides is 1. The van der Waals surface area contributed by atoms with Crippen molar-refractivity contribution in [3.05, 3.63) is 75.6 Å². The van der Waals surface area contributed by atoms with Gasteiger partial charge in [0.15, 0.2) is 6.61 Å². The zero-order valence-electron chi connectivity index (χ0n) is 18.6. The molecule has 8 heteroatoms. The number of aryl methyl sites for hydroxylation is 2. The molecule has 0 aliphatic heterocycles. The summed E-state index contributed by atoms with van der Waals surface area (Å²) in [6.07, 6.45) is 1.64. The van der Waals surface area contributed by atoms with Gasteiger partial charge in [0.05, 0.1) is 12.0 Å². The van der Waals surface area contributed by atoms with Gasteiger partial charge >= 0.3 is 5.63 Å². The SMILES string of the molecule is CCCc1cc(=O)oc2c(C)c(OCC(=O)N[C@@H](CSCc3ccccc3)C(=O)[O-])ccc12. The van der Waals surface area contributed by atoms with Gasteiger partial charge in [-0.2, -0.15) is 11.8 Å². The first-order chi connectivity index (χ1) is 15.9. The summed E-state index contributed by atoms with van der Waals surface area (Å²) in [7, 11) is 0. The summed E-state index contributed by atoms with van der Waals surface area (Å²) in [5, 5.41) is 14.7. The molecule has 0 radical (unpaired) electrons. The van der Waals surface area contributed by atoms with E-state index in [4.69, 9.17) is 9.15 Å². The Morgan fingerprint density at radius 2 is 1.94 bits per heavy atom. The monoisotopic (exact) mass is 468 g/mol. The maximum absolute atomic E-state index is 12.3. The van der Waals surface area contributed by atoms with Crippen LogP contribution in [0.5, 0.6) is 5.75 Å². The van der Waals surface area contributed by atoms with E-state index >= 15 is 0 Å². The predicted octanol–water partition coefficient (Wildman–Crippen LogP) is 2.60. The highest BCUT2D eigenvalue weighted by Gasteiger charge is 2.16. The fraction of sp³-hybridized carbons (Fsp3) is 0.320. The molecule has 0 saturated heterocycles. The fourth-order valence-corrected chi connectivity index (χ4v) is 4.46. The summed E-state index contributed by atoms with van der Waals surface area (Å²) in [5.41, 5.74) is 2.56. The second kappa shape index (κ2) is 11.6. The van der Waals surface area contributed by atoms with Crippen molar-refractivity contribution in [2.24, 2.45) is 0 Å². The third-order valence-electron chi connectivity index (χ3n) is 5.09. The number of carboxylic acids is 1. The minimum atomic E-state index is -1.35. The number of carboxylic acid groups (broad SMARTS) is 1. The van der Waals surface area contributed by atoms with Crippen molar-refractivity contribution < 1.29 is 23.8 Å². The summed E-state index contributed by atoms with van der Waals surface area (Å²) in [6.45, 7) is 3.40. The number of rotatable bonds is 11. The molecule has 0 fully saturated rings. The summed E-state index contributed by atoms with van der Waals surface area (Å²) in [5.74, 6) is -0.749. The number of carbonyl (C=O) groups excluding carboxylic acids is 2. The van der Waals surface area contributed by atoms with Gasteiger partial charge in [0.2, 0.25) is 0 Å². The van der Waals surface area contributed by atoms with E-state index in [1.54, 1.807) is 19.1 Å². The Bertz CT molecular complexity index is 1170. The molecule has 0 spiro atoms.